The van der Waals surface area contributed by atoms with Crippen molar-refractivity contribution in [3.63, 3.8) is 0 Å². The van der Waals surface area contributed by atoms with Gasteiger partial charge >= 0.3 is 0 Å². The average Bonchev–Trinajstić information content (AvgIpc) is 2.28. The van der Waals surface area contributed by atoms with Crippen LogP contribution in [0.1, 0.15) is 65.2 Å². The third-order valence-corrected chi connectivity index (χ3v) is 3.70. The second kappa shape index (κ2) is 6.88. The van der Waals surface area contributed by atoms with Crippen LogP contribution in [-0.2, 0) is 14.4 Å². The summed E-state index contributed by atoms with van der Waals surface area (Å²) in [6, 6.07) is 0. The average molecular weight is 255 g/mol. The van der Waals surface area contributed by atoms with Crippen LogP contribution in [0.5, 0.6) is 0 Å². The van der Waals surface area contributed by atoms with Crippen molar-refractivity contribution < 1.29 is 14.4 Å². The molecule has 0 N–H and O–H groups in total. The fraction of sp³-hybridized carbons (Fsp3) is 0.857. The highest BCUT2D eigenvalue weighted by Gasteiger charge is 2.43. The molecule has 0 saturated carbocycles. The number of rotatable bonds is 7. The second-order valence-electron chi connectivity index (χ2n) is 5.28. The van der Waals surface area contributed by atoms with Gasteiger partial charge in [-0.05, 0) is 26.2 Å². The van der Waals surface area contributed by atoms with Crippen LogP contribution in [0.2, 0.25) is 0 Å². The highest BCUT2D eigenvalue weighted by Crippen LogP contribution is 2.36. The Bertz CT molecular complexity index is 303. The van der Waals surface area contributed by atoms with E-state index in [1.807, 2.05) is 0 Å². The number of unbranched alkanes of at least 4 members (excludes halogenated alkanes) is 2. The monoisotopic (exact) mass is 255 g/mol. The molecule has 0 aromatic heterocycles. The first-order chi connectivity index (χ1) is 8.55. The Morgan fingerprint density at radius 1 is 1.44 bits per heavy atom. The number of carbonyl (C=O) groups excluding carboxylic acids is 2. The lowest BCUT2D eigenvalue weighted by molar-refractivity contribution is -0.221. The Morgan fingerprint density at radius 3 is 2.72 bits per heavy atom. The Labute approximate surface area is 110 Å². The maximum Gasteiger partial charge on any atom is 0.246 e. The lowest BCUT2D eigenvalue weighted by Gasteiger charge is -2.45. The van der Waals surface area contributed by atoms with E-state index in [1.165, 1.54) is 12.2 Å². The van der Waals surface area contributed by atoms with Gasteiger partial charge in [0.15, 0.2) is 0 Å². The van der Waals surface area contributed by atoms with Crippen molar-refractivity contribution in [3.05, 3.63) is 0 Å². The zero-order valence-electron chi connectivity index (χ0n) is 11.8. The Morgan fingerprint density at radius 2 is 2.17 bits per heavy atom. The molecular weight excluding hydrogens is 230 g/mol. The number of piperidine rings is 1. The summed E-state index contributed by atoms with van der Waals surface area (Å²) in [4.78, 5) is 28.8. The second-order valence-corrected chi connectivity index (χ2v) is 5.28. The molecule has 0 aromatic rings. The van der Waals surface area contributed by atoms with E-state index in [2.05, 4.69) is 6.92 Å². The highest BCUT2D eigenvalue weighted by molar-refractivity contribution is 5.80. The lowest BCUT2D eigenvalue weighted by Crippen LogP contribution is -2.54. The summed E-state index contributed by atoms with van der Waals surface area (Å²) in [7, 11) is 1.53. The van der Waals surface area contributed by atoms with Crippen molar-refractivity contribution in [2.75, 3.05) is 7.11 Å². The standard InChI is InChI=1S/C14H25NO3/c1-4-5-6-9-14(11-12(2)16)10-7-8-13(17)15(14)18-3/h4-11H2,1-3H3. The van der Waals surface area contributed by atoms with Crippen molar-refractivity contribution in [1.29, 1.82) is 0 Å². The van der Waals surface area contributed by atoms with Crippen LogP contribution in [0.4, 0.5) is 0 Å². The molecule has 0 aliphatic carbocycles. The molecule has 18 heavy (non-hydrogen) atoms. The number of Topliss-reactive ketones (excluding diaryl/α,β-unsaturated/α-hetero) is 1. The van der Waals surface area contributed by atoms with Crippen molar-refractivity contribution in [3.8, 4) is 0 Å². The summed E-state index contributed by atoms with van der Waals surface area (Å²) >= 11 is 0. The highest BCUT2D eigenvalue weighted by atomic mass is 16.7. The van der Waals surface area contributed by atoms with Gasteiger partial charge in [0.2, 0.25) is 5.91 Å². The minimum absolute atomic E-state index is 0.0153. The minimum Gasteiger partial charge on any atom is -0.300 e. The van der Waals surface area contributed by atoms with Crippen molar-refractivity contribution in [2.24, 2.45) is 0 Å². The third kappa shape index (κ3) is 3.55. The van der Waals surface area contributed by atoms with Crippen LogP contribution < -0.4 is 0 Å². The predicted octanol–water partition coefficient (Wildman–Crippen LogP) is 2.86. The lowest BCUT2D eigenvalue weighted by atomic mass is 9.79. The van der Waals surface area contributed by atoms with E-state index in [-0.39, 0.29) is 11.7 Å². The topological polar surface area (TPSA) is 46.6 Å². The number of amides is 1. The molecule has 1 aliphatic rings. The van der Waals surface area contributed by atoms with Crippen molar-refractivity contribution in [1.82, 2.24) is 5.06 Å². The summed E-state index contributed by atoms with van der Waals surface area (Å²) in [5, 5.41) is 1.48. The van der Waals surface area contributed by atoms with Gasteiger partial charge < -0.3 is 0 Å². The van der Waals surface area contributed by atoms with E-state index in [4.69, 9.17) is 4.84 Å². The maximum absolute atomic E-state index is 11.9. The Balaban J connectivity index is 2.84. The molecule has 104 valence electrons. The Kier molecular flexibility index (Phi) is 5.79. The molecule has 1 amide bonds. The molecule has 1 saturated heterocycles. The van der Waals surface area contributed by atoms with Crippen molar-refractivity contribution in [2.45, 2.75) is 70.8 Å². The van der Waals surface area contributed by atoms with Crippen LogP contribution in [0.25, 0.3) is 0 Å². The van der Waals surface area contributed by atoms with E-state index in [1.54, 1.807) is 6.92 Å². The Hall–Kier alpha value is -0.900. The summed E-state index contributed by atoms with van der Waals surface area (Å²) in [5.41, 5.74) is -0.398. The van der Waals surface area contributed by atoms with Crippen molar-refractivity contribution >= 4 is 11.7 Å². The van der Waals surface area contributed by atoms with Gasteiger partial charge in [-0.3, -0.25) is 14.4 Å². The van der Waals surface area contributed by atoms with Gasteiger partial charge in [-0.2, -0.15) is 0 Å². The zero-order chi connectivity index (χ0) is 13.6. The minimum atomic E-state index is -0.398. The number of hydrogen-bond donors (Lipinski definition) is 0. The molecule has 1 unspecified atom stereocenters. The summed E-state index contributed by atoms with van der Waals surface area (Å²) in [6.45, 7) is 3.74. The number of nitrogens with zero attached hydrogens (tertiary/aromatic N) is 1. The molecule has 0 aromatic carbocycles. The summed E-state index contributed by atoms with van der Waals surface area (Å²) < 4.78 is 0. The third-order valence-electron chi connectivity index (χ3n) is 3.70. The smallest absolute Gasteiger partial charge is 0.246 e. The van der Waals surface area contributed by atoms with Gasteiger partial charge in [0.05, 0.1) is 12.6 Å². The van der Waals surface area contributed by atoms with Gasteiger partial charge in [0.25, 0.3) is 0 Å². The zero-order valence-corrected chi connectivity index (χ0v) is 11.8. The largest absolute Gasteiger partial charge is 0.300 e. The molecule has 1 atom stereocenters. The quantitative estimate of drug-likeness (QED) is 0.657. The predicted molar refractivity (Wildman–Crippen MR) is 69.9 cm³/mol. The fourth-order valence-corrected chi connectivity index (χ4v) is 2.97. The van der Waals surface area contributed by atoms with E-state index < -0.39 is 5.54 Å². The van der Waals surface area contributed by atoms with E-state index in [9.17, 15) is 9.59 Å². The van der Waals surface area contributed by atoms with Gasteiger partial charge in [0.1, 0.15) is 5.78 Å². The van der Waals surface area contributed by atoms with E-state index in [0.717, 1.165) is 38.5 Å². The van der Waals surface area contributed by atoms with E-state index in [0.29, 0.717) is 12.8 Å². The first kappa shape index (κ1) is 15.2. The molecule has 1 fully saturated rings. The first-order valence-electron chi connectivity index (χ1n) is 6.92. The SMILES string of the molecule is CCCCCC1(CC(C)=O)CCCC(=O)N1OC. The first-order valence-corrected chi connectivity index (χ1v) is 6.92. The number of hydrogen-bond acceptors (Lipinski definition) is 3. The molecule has 0 radical (unpaired) electrons. The summed E-state index contributed by atoms with van der Waals surface area (Å²) in [5.74, 6) is 0.143. The van der Waals surface area contributed by atoms with Crippen LogP contribution in [0, 0.1) is 0 Å². The molecule has 1 rings (SSSR count). The van der Waals surface area contributed by atoms with Crippen LogP contribution in [0.15, 0.2) is 0 Å². The summed E-state index contributed by atoms with van der Waals surface area (Å²) in [6.07, 6.45) is 6.84. The van der Waals surface area contributed by atoms with Gasteiger partial charge in [-0.15, -0.1) is 0 Å². The fourth-order valence-electron chi connectivity index (χ4n) is 2.97. The van der Waals surface area contributed by atoms with Gasteiger partial charge in [-0.25, -0.2) is 5.06 Å². The van der Waals surface area contributed by atoms with Gasteiger partial charge in [-0.1, -0.05) is 26.2 Å². The molecule has 0 spiro atoms. The van der Waals surface area contributed by atoms with Crippen LogP contribution in [0.3, 0.4) is 0 Å². The number of ketones is 1. The maximum atomic E-state index is 11.9. The molecule has 4 nitrogen and oxygen atoms in total. The number of carbonyl (C=O) groups is 2. The molecule has 1 aliphatic heterocycles. The molecule has 4 heteroatoms. The molecular formula is C14H25NO3. The normalized spacial score (nSPS) is 24.4. The number of hydroxylamine groups is 2. The molecule has 1 heterocycles. The van der Waals surface area contributed by atoms with Crippen LogP contribution >= 0.6 is 0 Å². The van der Waals surface area contributed by atoms with E-state index >= 15 is 0 Å². The molecule has 0 bridgehead atoms. The van der Waals surface area contributed by atoms with Gasteiger partial charge in [0, 0.05) is 12.8 Å². The van der Waals surface area contributed by atoms with Crippen LogP contribution in [-0.4, -0.2) is 29.4 Å².